The zero-order chi connectivity index (χ0) is 21.8. The van der Waals surface area contributed by atoms with Gasteiger partial charge in [-0.2, -0.15) is 0 Å². The molecule has 6 heteroatoms. The average molecular weight is 424 g/mol. The summed E-state index contributed by atoms with van der Waals surface area (Å²) in [5.74, 6) is 1.06. The highest BCUT2D eigenvalue weighted by Gasteiger charge is 2.24. The molecule has 1 aromatic heterocycles. The van der Waals surface area contributed by atoms with Gasteiger partial charge in [-0.1, -0.05) is 24.3 Å². The number of para-hydroxylation sites is 3. The zero-order valence-corrected chi connectivity index (χ0v) is 18.5. The Morgan fingerprint density at radius 2 is 1.61 bits per heavy atom. The Balaban J connectivity index is 1.39. The number of nitrogens with zero attached hydrogens (tertiary/aromatic N) is 3. The first-order chi connectivity index (χ1) is 14.9. The highest BCUT2D eigenvalue weighted by atomic mass is 19.1. The Hall–Kier alpha value is -2.73. The summed E-state index contributed by atoms with van der Waals surface area (Å²) in [5.41, 5.74) is 2.25. The van der Waals surface area contributed by atoms with E-state index in [-0.39, 0.29) is 11.4 Å². The van der Waals surface area contributed by atoms with Gasteiger partial charge < -0.3 is 9.47 Å². The molecular formula is C25H30FN3O2. The molecule has 4 rings (SSSR count). The van der Waals surface area contributed by atoms with Gasteiger partial charge in [-0.15, -0.1) is 0 Å². The van der Waals surface area contributed by atoms with Crippen molar-refractivity contribution in [3.05, 3.63) is 60.0 Å². The van der Waals surface area contributed by atoms with Gasteiger partial charge in [0, 0.05) is 6.54 Å². The first-order valence-electron chi connectivity index (χ1n) is 10.9. The van der Waals surface area contributed by atoms with E-state index in [1.54, 1.807) is 18.2 Å². The second-order valence-corrected chi connectivity index (χ2v) is 9.14. The standard InChI is InChI=1S/C25H30FN3O2/c1-25(2,3)31-24-22(27-20-9-5-6-10-21(20)28-24)16-29-14-12-18(13-15-29)17-30-23-11-7-4-8-19(23)26/h4-11,18H,12-17H2,1-3H3. The molecule has 0 N–H and O–H groups in total. The quantitative estimate of drug-likeness (QED) is 0.543. The topological polar surface area (TPSA) is 47.5 Å². The van der Waals surface area contributed by atoms with Gasteiger partial charge >= 0.3 is 0 Å². The number of halogens is 1. The summed E-state index contributed by atoms with van der Waals surface area (Å²) in [6.07, 6.45) is 2.01. The molecule has 0 amide bonds. The lowest BCUT2D eigenvalue weighted by Gasteiger charge is -2.32. The molecule has 2 heterocycles. The number of likely N-dealkylation sites (tertiary alicyclic amines) is 1. The van der Waals surface area contributed by atoms with Gasteiger partial charge in [-0.05, 0) is 76.9 Å². The summed E-state index contributed by atoms with van der Waals surface area (Å²) in [6, 6.07) is 14.5. The highest BCUT2D eigenvalue weighted by molar-refractivity contribution is 5.74. The molecule has 1 saturated heterocycles. The van der Waals surface area contributed by atoms with E-state index in [2.05, 4.69) is 4.90 Å². The smallest absolute Gasteiger partial charge is 0.238 e. The molecule has 3 aromatic rings. The number of piperidine rings is 1. The first kappa shape index (κ1) is 21.5. The fourth-order valence-electron chi connectivity index (χ4n) is 3.79. The molecule has 0 aliphatic carbocycles. The van der Waals surface area contributed by atoms with E-state index in [1.165, 1.54) is 6.07 Å². The van der Waals surface area contributed by atoms with Gasteiger partial charge in [0.15, 0.2) is 11.6 Å². The predicted octanol–water partition coefficient (Wildman–Crippen LogP) is 5.24. The molecule has 31 heavy (non-hydrogen) atoms. The fraction of sp³-hybridized carbons (Fsp3) is 0.440. The summed E-state index contributed by atoms with van der Waals surface area (Å²) < 4.78 is 25.6. The number of fused-ring (bicyclic) bond motifs is 1. The number of rotatable bonds is 6. The van der Waals surface area contributed by atoms with Crippen molar-refractivity contribution in [1.82, 2.24) is 14.9 Å². The van der Waals surface area contributed by atoms with Gasteiger partial charge in [0.2, 0.25) is 5.88 Å². The minimum atomic E-state index is -0.344. The number of hydrogen-bond donors (Lipinski definition) is 0. The van der Waals surface area contributed by atoms with Crippen LogP contribution >= 0.6 is 0 Å². The summed E-state index contributed by atoms with van der Waals surface area (Å²) in [4.78, 5) is 12.0. The molecule has 1 aliphatic heterocycles. The molecule has 0 radical (unpaired) electrons. The third-order valence-electron chi connectivity index (χ3n) is 5.40. The van der Waals surface area contributed by atoms with Crippen LogP contribution in [-0.4, -0.2) is 40.2 Å². The minimum absolute atomic E-state index is 0.304. The van der Waals surface area contributed by atoms with Gasteiger partial charge in [0.1, 0.15) is 11.3 Å². The summed E-state index contributed by atoms with van der Waals surface area (Å²) >= 11 is 0. The van der Waals surface area contributed by atoms with Gasteiger partial charge in [-0.25, -0.2) is 14.4 Å². The molecule has 0 bridgehead atoms. The Labute approximate surface area is 183 Å². The van der Waals surface area contributed by atoms with Crippen LogP contribution in [0.5, 0.6) is 11.6 Å². The molecular weight excluding hydrogens is 393 g/mol. The van der Waals surface area contributed by atoms with Gasteiger partial charge in [0.05, 0.1) is 17.6 Å². The molecule has 164 valence electrons. The van der Waals surface area contributed by atoms with E-state index in [0.29, 0.717) is 30.7 Å². The maximum absolute atomic E-state index is 13.8. The van der Waals surface area contributed by atoms with Crippen molar-refractivity contribution in [1.29, 1.82) is 0 Å². The lowest BCUT2D eigenvalue weighted by molar-refractivity contribution is 0.112. The summed E-state index contributed by atoms with van der Waals surface area (Å²) in [5, 5.41) is 0. The first-order valence-corrected chi connectivity index (χ1v) is 10.9. The van der Waals surface area contributed by atoms with E-state index in [0.717, 1.165) is 42.7 Å². The maximum atomic E-state index is 13.8. The van der Waals surface area contributed by atoms with Crippen molar-refractivity contribution in [2.75, 3.05) is 19.7 Å². The van der Waals surface area contributed by atoms with Crippen LogP contribution in [0, 0.1) is 11.7 Å². The number of hydrogen-bond acceptors (Lipinski definition) is 5. The molecule has 2 aromatic carbocycles. The van der Waals surface area contributed by atoms with Crippen LogP contribution < -0.4 is 9.47 Å². The molecule has 0 spiro atoms. The van der Waals surface area contributed by atoms with Crippen LogP contribution in [0.15, 0.2) is 48.5 Å². The largest absolute Gasteiger partial charge is 0.490 e. The lowest BCUT2D eigenvalue weighted by atomic mass is 9.97. The Morgan fingerprint density at radius 1 is 0.968 bits per heavy atom. The van der Waals surface area contributed by atoms with Crippen LogP contribution in [0.4, 0.5) is 4.39 Å². The highest BCUT2D eigenvalue weighted by Crippen LogP contribution is 2.27. The van der Waals surface area contributed by atoms with Crippen molar-refractivity contribution in [3.63, 3.8) is 0 Å². The van der Waals surface area contributed by atoms with Crippen LogP contribution in [0.1, 0.15) is 39.3 Å². The zero-order valence-electron chi connectivity index (χ0n) is 18.5. The molecule has 0 atom stereocenters. The number of benzene rings is 2. The Morgan fingerprint density at radius 3 is 2.29 bits per heavy atom. The molecule has 1 aliphatic rings. The van der Waals surface area contributed by atoms with Crippen molar-refractivity contribution < 1.29 is 13.9 Å². The third kappa shape index (κ3) is 5.70. The van der Waals surface area contributed by atoms with E-state index >= 15 is 0 Å². The van der Waals surface area contributed by atoms with Crippen LogP contribution in [0.2, 0.25) is 0 Å². The predicted molar refractivity (Wildman–Crippen MR) is 120 cm³/mol. The molecule has 5 nitrogen and oxygen atoms in total. The van der Waals surface area contributed by atoms with E-state index in [1.807, 2.05) is 45.0 Å². The summed E-state index contributed by atoms with van der Waals surface area (Å²) in [6.45, 7) is 9.19. The fourth-order valence-corrected chi connectivity index (χ4v) is 3.79. The van der Waals surface area contributed by atoms with Gasteiger partial charge in [0.25, 0.3) is 0 Å². The van der Waals surface area contributed by atoms with Crippen molar-refractivity contribution in [2.24, 2.45) is 5.92 Å². The average Bonchev–Trinajstić information content (AvgIpc) is 2.73. The Kier molecular flexibility index (Phi) is 6.37. The summed E-state index contributed by atoms with van der Waals surface area (Å²) in [7, 11) is 0. The van der Waals surface area contributed by atoms with Crippen molar-refractivity contribution in [2.45, 2.75) is 45.8 Å². The Bertz CT molecular complexity index is 1030. The minimum Gasteiger partial charge on any atom is -0.490 e. The number of ether oxygens (including phenoxy) is 2. The van der Waals surface area contributed by atoms with Crippen molar-refractivity contribution in [3.8, 4) is 11.6 Å². The monoisotopic (exact) mass is 423 g/mol. The lowest BCUT2D eigenvalue weighted by Crippen LogP contribution is -2.35. The van der Waals surface area contributed by atoms with Crippen LogP contribution in [-0.2, 0) is 6.54 Å². The second kappa shape index (κ2) is 9.18. The van der Waals surface area contributed by atoms with Crippen molar-refractivity contribution >= 4 is 11.0 Å². The van der Waals surface area contributed by atoms with Crippen LogP contribution in [0.25, 0.3) is 11.0 Å². The SMILES string of the molecule is CC(C)(C)Oc1nc2ccccc2nc1CN1CCC(COc2ccccc2F)CC1. The van der Waals surface area contributed by atoms with E-state index in [4.69, 9.17) is 19.4 Å². The van der Waals surface area contributed by atoms with Gasteiger partial charge in [-0.3, -0.25) is 4.90 Å². The number of aromatic nitrogens is 2. The third-order valence-corrected chi connectivity index (χ3v) is 5.40. The molecule has 0 saturated carbocycles. The normalized spacial score (nSPS) is 15.9. The maximum Gasteiger partial charge on any atom is 0.238 e. The molecule has 1 fully saturated rings. The second-order valence-electron chi connectivity index (χ2n) is 9.14. The van der Waals surface area contributed by atoms with Crippen LogP contribution in [0.3, 0.4) is 0 Å². The van der Waals surface area contributed by atoms with E-state index in [9.17, 15) is 4.39 Å². The van der Waals surface area contributed by atoms with E-state index < -0.39 is 0 Å². The molecule has 0 unspecified atom stereocenters.